The monoisotopic (exact) mass is 143 g/mol. The first-order valence-corrected chi connectivity index (χ1v) is 3.55. The van der Waals surface area contributed by atoms with Crippen LogP contribution in [0.4, 0.5) is 0 Å². The van der Waals surface area contributed by atoms with Crippen molar-refractivity contribution in [3.8, 4) is 0 Å². The molecule has 0 aliphatic heterocycles. The Kier molecular flexibility index (Phi) is 3.61. The van der Waals surface area contributed by atoms with E-state index >= 15 is 0 Å². The summed E-state index contributed by atoms with van der Waals surface area (Å²) in [6.45, 7) is 1.02. The van der Waals surface area contributed by atoms with Gasteiger partial charge in [-0.1, -0.05) is 0 Å². The fourth-order valence-electron chi connectivity index (χ4n) is 0.574. The predicted molar refractivity (Wildman–Crippen MR) is 45.7 cm³/mol. The van der Waals surface area contributed by atoms with Crippen molar-refractivity contribution in [1.82, 2.24) is 4.90 Å². The summed E-state index contributed by atoms with van der Waals surface area (Å²) in [6, 6.07) is 0. The van der Waals surface area contributed by atoms with Gasteiger partial charge in [0.05, 0.1) is 27.3 Å². The molecule has 2 heteroatoms. The molecule has 0 aromatic heterocycles. The molecule has 0 atom stereocenters. The molecule has 0 spiro atoms. The lowest BCUT2D eigenvalue weighted by molar-refractivity contribution is -0.817. The molecule has 10 heavy (non-hydrogen) atoms. The molecule has 0 fully saturated rings. The van der Waals surface area contributed by atoms with Crippen LogP contribution in [0.5, 0.6) is 0 Å². The third kappa shape index (κ3) is 7.66. The summed E-state index contributed by atoms with van der Waals surface area (Å²) in [5.74, 6) is 0. The summed E-state index contributed by atoms with van der Waals surface area (Å²) < 4.78 is 0.897. The third-order valence-corrected chi connectivity index (χ3v) is 1.02. The van der Waals surface area contributed by atoms with E-state index in [1.165, 1.54) is 0 Å². The summed E-state index contributed by atoms with van der Waals surface area (Å²) >= 11 is 0. The molecule has 0 aliphatic carbocycles. The molecule has 0 heterocycles. The first kappa shape index (κ1) is 9.66. The van der Waals surface area contributed by atoms with Gasteiger partial charge in [0.25, 0.3) is 0 Å². The van der Waals surface area contributed by atoms with Crippen molar-refractivity contribution in [2.45, 2.75) is 0 Å². The molecule has 60 valence electrons. The minimum atomic E-state index is 0.897. The zero-order chi connectivity index (χ0) is 8.20. The largest absolute Gasteiger partial charge is 0.306 e. The topological polar surface area (TPSA) is 3.24 Å². The second-order valence-corrected chi connectivity index (χ2v) is 3.76. The van der Waals surface area contributed by atoms with Crippen LogP contribution in [0.3, 0.4) is 0 Å². The Labute approximate surface area is 64.3 Å². The molecule has 0 amide bonds. The SMILES string of the molecule is CN(C)C/C=C/[N+](C)(C)C. The van der Waals surface area contributed by atoms with Crippen molar-refractivity contribution >= 4 is 0 Å². The minimum Gasteiger partial charge on any atom is -0.306 e. The number of hydrogen-bond donors (Lipinski definition) is 0. The molecule has 2 nitrogen and oxygen atoms in total. The Bertz CT molecular complexity index is 109. The van der Waals surface area contributed by atoms with Crippen LogP contribution in [0.15, 0.2) is 12.3 Å². The third-order valence-electron chi connectivity index (χ3n) is 1.02. The first-order valence-electron chi connectivity index (χ1n) is 3.55. The van der Waals surface area contributed by atoms with E-state index in [0.717, 1.165) is 11.0 Å². The summed E-state index contributed by atoms with van der Waals surface area (Å²) in [7, 11) is 10.6. The standard InChI is InChI=1S/C8H19N2/c1-9(2)7-6-8-10(3,4)5/h6,8H,7H2,1-5H3/q+1/b8-6+. The van der Waals surface area contributed by atoms with Crippen LogP contribution in [-0.2, 0) is 0 Å². The quantitative estimate of drug-likeness (QED) is 0.527. The Balaban J connectivity index is 3.57. The van der Waals surface area contributed by atoms with Crippen LogP contribution in [0.2, 0.25) is 0 Å². The van der Waals surface area contributed by atoms with E-state index in [-0.39, 0.29) is 0 Å². The van der Waals surface area contributed by atoms with Gasteiger partial charge >= 0.3 is 0 Å². The molecule has 0 aliphatic rings. The highest BCUT2D eigenvalue weighted by Crippen LogP contribution is 1.90. The molecule has 0 saturated heterocycles. The first-order chi connectivity index (χ1) is 4.42. The second-order valence-electron chi connectivity index (χ2n) is 3.76. The van der Waals surface area contributed by atoms with Crippen molar-refractivity contribution in [2.24, 2.45) is 0 Å². The summed E-state index contributed by atoms with van der Waals surface area (Å²) in [6.07, 6.45) is 4.36. The van der Waals surface area contributed by atoms with Gasteiger partial charge in [-0.25, -0.2) is 0 Å². The van der Waals surface area contributed by atoms with Crippen LogP contribution in [0, 0.1) is 0 Å². The second kappa shape index (κ2) is 3.74. The average molecular weight is 143 g/mol. The van der Waals surface area contributed by atoms with E-state index in [1.54, 1.807) is 0 Å². The van der Waals surface area contributed by atoms with Crippen molar-refractivity contribution in [1.29, 1.82) is 0 Å². The average Bonchev–Trinajstić information content (AvgIpc) is 1.59. The van der Waals surface area contributed by atoms with Gasteiger partial charge in [-0.3, -0.25) is 0 Å². The number of hydrogen-bond acceptors (Lipinski definition) is 1. The highest BCUT2D eigenvalue weighted by Gasteiger charge is 1.98. The Hall–Kier alpha value is -0.340. The lowest BCUT2D eigenvalue weighted by atomic mass is 10.5. The van der Waals surface area contributed by atoms with Gasteiger partial charge < -0.3 is 9.38 Å². The van der Waals surface area contributed by atoms with Crippen LogP contribution >= 0.6 is 0 Å². The summed E-state index contributed by atoms with van der Waals surface area (Å²) in [4.78, 5) is 2.14. The number of nitrogens with zero attached hydrogens (tertiary/aromatic N) is 2. The maximum atomic E-state index is 2.18. The van der Waals surface area contributed by atoms with Gasteiger partial charge in [0.1, 0.15) is 0 Å². The summed E-state index contributed by atoms with van der Waals surface area (Å²) in [5.41, 5.74) is 0. The van der Waals surface area contributed by atoms with Crippen LogP contribution in [0.25, 0.3) is 0 Å². The molecule has 0 N–H and O–H groups in total. The maximum absolute atomic E-state index is 2.18. The van der Waals surface area contributed by atoms with Crippen LogP contribution in [-0.4, -0.2) is 51.2 Å². The van der Waals surface area contributed by atoms with Crippen molar-refractivity contribution in [2.75, 3.05) is 41.8 Å². The smallest absolute Gasteiger partial charge is 0.0924 e. The van der Waals surface area contributed by atoms with Gasteiger partial charge in [-0.15, -0.1) is 0 Å². The number of likely N-dealkylation sites (N-methyl/N-ethyl adjacent to an activating group) is 1. The maximum Gasteiger partial charge on any atom is 0.0924 e. The van der Waals surface area contributed by atoms with Gasteiger partial charge in [0.2, 0.25) is 0 Å². The van der Waals surface area contributed by atoms with Crippen LogP contribution < -0.4 is 0 Å². The number of rotatable bonds is 3. The predicted octanol–water partition coefficient (Wildman–Crippen LogP) is 0.768. The van der Waals surface area contributed by atoms with E-state index in [1.807, 2.05) is 0 Å². The zero-order valence-electron chi connectivity index (χ0n) is 7.76. The molecular formula is C8H19N2+. The lowest BCUT2D eigenvalue weighted by Gasteiger charge is -2.17. The Morgan fingerprint density at radius 1 is 1.20 bits per heavy atom. The van der Waals surface area contributed by atoms with Gasteiger partial charge in [-0.2, -0.15) is 0 Å². The van der Waals surface area contributed by atoms with Gasteiger partial charge in [0, 0.05) is 6.54 Å². The summed E-state index contributed by atoms with van der Waals surface area (Å²) in [5, 5.41) is 0. The minimum absolute atomic E-state index is 0.897. The molecule has 0 unspecified atom stereocenters. The fraction of sp³-hybridized carbons (Fsp3) is 0.750. The van der Waals surface area contributed by atoms with Crippen molar-refractivity contribution in [3.05, 3.63) is 12.3 Å². The lowest BCUT2D eigenvalue weighted by Crippen LogP contribution is -2.27. The molecule has 0 aromatic rings. The number of quaternary nitrogens is 1. The van der Waals surface area contributed by atoms with Gasteiger partial charge in [0.15, 0.2) is 0 Å². The van der Waals surface area contributed by atoms with Gasteiger partial charge in [-0.05, 0) is 20.2 Å². The van der Waals surface area contributed by atoms with E-state index in [0.29, 0.717) is 0 Å². The van der Waals surface area contributed by atoms with E-state index in [2.05, 4.69) is 52.4 Å². The molecule has 0 saturated carbocycles. The Morgan fingerprint density at radius 2 is 1.70 bits per heavy atom. The fourth-order valence-corrected chi connectivity index (χ4v) is 0.574. The molecule has 0 bridgehead atoms. The Morgan fingerprint density at radius 3 is 2.00 bits per heavy atom. The van der Waals surface area contributed by atoms with E-state index in [4.69, 9.17) is 0 Å². The van der Waals surface area contributed by atoms with Crippen molar-refractivity contribution < 1.29 is 4.48 Å². The molecule has 0 aromatic carbocycles. The van der Waals surface area contributed by atoms with E-state index < -0.39 is 0 Å². The zero-order valence-corrected chi connectivity index (χ0v) is 7.76. The van der Waals surface area contributed by atoms with Crippen molar-refractivity contribution in [3.63, 3.8) is 0 Å². The van der Waals surface area contributed by atoms with E-state index in [9.17, 15) is 0 Å². The normalized spacial score (nSPS) is 13.4. The highest BCUT2D eigenvalue weighted by atomic mass is 15.3. The highest BCUT2D eigenvalue weighted by molar-refractivity contribution is 4.75. The molecular weight excluding hydrogens is 124 g/mol. The van der Waals surface area contributed by atoms with Crippen LogP contribution in [0.1, 0.15) is 0 Å². The molecule has 0 radical (unpaired) electrons. The molecule has 0 rings (SSSR count).